The van der Waals surface area contributed by atoms with E-state index in [0.717, 1.165) is 11.6 Å². The maximum atomic E-state index is 11.6. The summed E-state index contributed by atoms with van der Waals surface area (Å²) in [6.07, 6.45) is 1.15. The van der Waals surface area contributed by atoms with Crippen molar-refractivity contribution in [1.29, 1.82) is 0 Å². The van der Waals surface area contributed by atoms with Crippen LogP contribution in [0.3, 0.4) is 0 Å². The van der Waals surface area contributed by atoms with Gasteiger partial charge in [0.1, 0.15) is 5.70 Å². The summed E-state index contributed by atoms with van der Waals surface area (Å²) in [5.74, 6) is -1.74. The van der Waals surface area contributed by atoms with Crippen LogP contribution in [0.25, 0.3) is 0 Å². The van der Waals surface area contributed by atoms with E-state index >= 15 is 0 Å². The average Bonchev–Trinajstić information content (AvgIpc) is 2.54. The number of esters is 3. The SMILES string of the molecule is COC(=O)/C=C(/Nc1ccc(CC(=O)OC)cc1)C(=O)OC. The molecule has 0 heterocycles. The largest absolute Gasteiger partial charge is 0.469 e. The molecule has 1 aromatic carbocycles. The number of carbonyl (C=O) groups excluding carboxylic acids is 3. The van der Waals surface area contributed by atoms with Gasteiger partial charge in [-0.1, -0.05) is 12.1 Å². The number of carbonyl (C=O) groups is 3. The third-order valence-electron chi connectivity index (χ3n) is 2.68. The Morgan fingerprint density at radius 1 is 1.00 bits per heavy atom. The molecule has 1 aromatic rings. The fourth-order valence-corrected chi connectivity index (χ4v) is 1.53. The van der Waals surface area contributed by atoms with E-state index in [1.165, 1.54) is 21.3 Å². The maximum Gasteiger partial charge on any atom is 0.354 e. The lowest BCUT2D eigenvalue weighted by molar-refractivity contribution is -0.140. The minimum atomic E-state index is -0.705. The topological polar surface area (TPSA) is 90.9 Å². The highest BCUT2D eigenvalue weighted by Gasteiger charge is 2.13. The number of rotatable bonds is 6. The zero-order valence-corrected chi connectivity index (χ0v) is 12.5. The van der Waals surface area contributed by atoms with Crippen LogP contribution in [0.1, 0.15) is 5.56 Å². The Kier molecular flexibility index (Phi) is 6.62. The van der Waals surface area contributed by atoms with Crippen molar-refractivity contribution in [2.75, 3.05) is 26.6 Å². The highest BCUT2D eigenvalue weighted by atomic mass is 16.5. The van der Waals surface area contributed by atoms with Gasteiger partial charge in [-0.05, 0) is 17.7 Å². The molecule has 0 radical (unpaired) electrons. The van der Waals surface area contributed by atoms with Gasteiger partial charge in [0.05, 0.1) is 33.8 Å². The smallest absolute Gasteiger partial charge is 0.354 e. The molecular formula is C15H17NO6. The number of ether oxygens (including phenoxy) is 3. The summed E-state index contributed by atoms with van der Waals surface area (Å²) in [7, 11) is 3.72. The predicted molar refractivity (Wildman–Crippen MR) is 77.9 cm³/mol. The first kappa shape index (κ1) is 17.2. The highest BCUT2D eigenvalue weighted by Crippen LogP contribution is 2.13. The molecule has 0 aliphatic carbocycles. The molecule has 0 saturated heterocycles. The lowest BCUT2D eigenvalue weighted by atomic mass is 10.1. The zero-order valence-electron chi connectivity index (χ0n) is 12.5. The Balaban J connectivity index is 2.86. The fraction of sp³-hybridized carbons (Fsp3) is 0.267. The molecule has 118 valence electrons. The van der Waals surface area contributed by atoms with Gasteiger partial charge in [0.15, 0.2) is 0 Å². The quantitative estimate of drug-likeness (QED) is 0.477. The Morgan fingerprint density at radius 3 is 2.14 bits per heavy atom. The van der Waals surface area contributed by atoms with Crippen molar-refractivity contribution in [2.24, 2.45) is 0 Å². The molecule has 0 bridgehead atoms. The molecule has 0 fully saturated rings. The van der Waals surface area contributed by atoms with Crippen LogP contribution in [-0.2, 0) is 35.0 Å². The highest BCUT2D eigenvalue weighted by molar-refractivity contribution is 5.98. The summed E-state index contributed by atoms with van der Waals surface area (Å²) in [5.41, 5.74) is 1.25. The van der Waals surface area contributed by atoms with E-state index in [9.17, 15) is 14.4 Å². The van der Waals surface area contributed by atoms with Gasteiger partial charge in [0.2, 0.25) is 0 Å². The minimum Gasteiger partial charge on any atom is -0.469 e. The van der Waals surface area contributed by atoms with Gasteiger partial charge in [-0.3, -0.25) is 4.79 Å². The van der Waals surface area contributed by atoms with Gasteiger partial charge < -0.3 is 19.5 Å². The minimum absolute atomic E-state index is 0.0601. The molecule has 1 N–H and O–H groups in total. The van der Waals surface area contributed by atoms with E-state index in [1.54, 1.807) is 24.3 Å². The van der Waals surface area contributed by atoms with Gasteiger partial charge >= 0.3 is 17.9 Å². The first-order valence-corrected chi connectivity index (χ1v) is 6.31. The van der Waals surface area contributed by atoms with Gasteiger partial charge in [-0.15, -0.1) is 0 Å². The van der Waals surface area contributed by atoms with Crippen LogP contribution in [-0.4, -0.2) is 39.2 Å². The van der Waals surface area contributed by atoms with E-state index in [0.29, 0.717) is 5.69 Å². The molecule has 0 aromatic heterocycles. The second-order valence-electron chi connectivity index (χ2n) is 4.15. The number of methoxy groups -OCH3 is 3. The van der Waals surface area contributed by atoms with Gasteiger partial charge in [-0.2, -0.15) is 0 Å². The fourth-order valence-electron chi connectivity index (χ4n) is 1.53. The summed E-state index contributed by atoms with van der Waals surface area (Å²) in [5, 5.41) is 2.76. The normalized spacial score (nSPS) is 10.6. The molecule has 0 atom stereocenters. The van der Waals surface area contributed by atoms with E-state index in [1.807, 2.05) is 0 Å². The molecule has 22 heavy (non-hydrogen) atoms. The van der Waals surface area contributed by atoms with Crippen LogP contribution in [0.5, 0.6) is 0 Å². The molecule has 0 spiro atoms. The van der Waals surface area contributed by atoms with Crippen LogP contribution in [0.2, 0.25) is 0 Å². The molecule has 0 saturated carbocycles. The summed E-state index contributed by atoms with van der Waals surface area (Å²) >= 11 is 0. The lowest BCUT2D eigenvalue weighted by Gasteiger charge is -2.09. The van der Waals surface area contributed by atoms with Crippen molar-refractivity contribution < 1.29 is 28.6 Å². The van der Waals surface area contributed by atoms with Crippen LogP contribution < -0.4 is 5.32 Å². The van der Waals surface area contributed by atoms with Gasteiger partial charge in [-0.25, -0.2) is 9.59 Å². The van der Waals surface area contributed by atoms with Crippen LogP contribution in [0, 0.1) is 0 Å². The van der Waals surface area contributed by atoms with Crippen LogP contribution >= 0.6 is 0 Å². The molecule has 0 aliphatic heterocycles. The van der Waals surface area contributed by atoms with Gasteiger partial charge in [0.25, 0.3) is 0 Å². The predicted octanol–water partition coefficient (Wildman–Crippen LogP) is 1.04. The second-order valence-corrected chi connectivity index (χ2v) is 4.15. The summed E-state index contributed by atoms with van der Waals surface area (Å²) in [6, 6.07) is 6.72. The second kappa shape index (κ2) is 8.46. The Hall–Kier alpha value is -2.83. The van der Waals surface area contributed by atoms with Crippen molar-refractivity contribution in [3.05, 3.63) is 41.6 Å². The van der Waals surface area contributed by atoms with E-state index in [4.69, 9.17) is 0 Å². The molecule has 7 nitrogen and oxygen atoms in total. The molecule has 0 unspecified atom stereocenters. The monoisotopic (exact) mass is 307 g/mol. The van der Waals surface area contributed by atoms with E-state index < -0.39 is 11.9 Å². The number of anilines is 1. The Morgan fingerprint density at radius 2 is 1.64 bits per heavy atom. The maximum absolute atomic E-state index is 11.6. The summed E-state index contributed by atoms with van der Waals surface area (Å²) in [4.78, 5) is 34.0. The van der Waals surface area contributed by atoms with Crippen molar-refractivity contribution in [1.82, 2.24) is 0 Å². The first-order chi connectivity index (χ1) is 10.5. The molecule has 1 rings (SSSR count). The molecule has 7 heteroatoms. The van der Waals surface area contributed by atoms with Crippen molar-refractivity contribution >= 4 is 23.6 Å². The van der Waals surface area contributed by atoms with Crippen molar-refractivity contribution in [3.8, 4) is 0 Å². The third kappa shape index (κ3) is 5.28. The number of benzene rings is 1. The zero-order chi connectivity index (χ0) is 16.5. The Labute approximate surface area is 127 Å². The first-order valence-electron chi connectivity index (χ1n) is 6.31. The number of hydrogen-bond donors (Lipinski definition) is 1. The third-order valence-corrected chi connectivity index (χ3v) is 2.68. The van der Waals surface area contributed by atoms with Crippen molar-refractivity contribution in [2.45, 2.75) is 6.42 Å². The number of hydrogen-bond acceptors (Lipinski definition) is 7. The molecule has 0 aliphatic rings. The molecular weight excluding hydrogens is 290 g/mol. The summed E-state index contributed by atoms with van der Waals surface area (Å²) < 4.78 is 13.6. The van der Waals surface area contributed by atoms with Crippen LogP contribution in [0.4, 0.5) is 5.69 Å². The number of nitrogens with one attached hydrogen (secondary N) is 1. The van der Waals surface area contributed by atoms with Gasteiger partial charge in [0, 0.05) is 5.69 Å². The van der Waals surface area contributed by atoms with Crippen LogP contribution in [0.15, 0.2) is 36.0 Å². The molecule has 0 amide bonds. The lowest BCUT2D eigenvalue weighted by Crippen LogP contribution is -2.15. The average molecular weight is 307 g/mol. The van der Waals surface area contributed by atoms with E-state index in [-0.39, 0.29) is 18.1 Å². The summed E-state index contributed by atoms with van der Waals surface area (Å²) in [6.45, 7) is 0. The standard InChI is InChI=1S/C15H17NO6/c1-20-13(17)8-10-4-6-11(7-5-10)16-12(15(19)22-3)9-14(18)21-2/h4-7,9,16H,8H2,1-3H3/b12-9+. The van der Waals surface area contributed by atoms with E-state index in [2.05, 4.69) is 19.5 Å². The Bertz CT molecular complexity index is 576. The van der Waals surface area contributed by atoms with Crippen molar-refractivity contribution in [3.63, 3.8) is 0 Å².